The van der Waals surface area contributed by atoms with Crippen LogP contribution >= 0.6 is 0 Å². The predicted octanol–water partition coefficient (Wildman–Crippen LogP) is 1.12. The molecule has 1 aromatic carbocycles. The van der Waals surface area contributed by atoms with E-state index in [2.05, 4.69) is 15.3 Å². The van der Waals surface area contributed by atoms with E-state index in [1.165, 1.54) is 0 Å². The molecule has 1 heterocycles. The zero-order valence-electron chi connectivity index (χ0n) is 9.20. The van der Waals surface area contributed by atoms with Gasteiger partial charge in [0.05, 0.1) is 17.4 Å². The number of H-pyrrole nitrogens is 1. The number of nitrogens with two attached hydrogens (primary N) is 1. The van der Waals surface area contributed by atoms with Crippen molar-refractivity contribution in [3.05, 3.63) is 30.6 Å². The molecule has 0 aliphatic heterocycles. The lowest BCUT2D eigenvalue weighted by Gasteiger charge is -2.02. The van der Waals surface area contributed by atoms with Gasteiger partial charge in [0.1, 0.15) is 0 Å². The molecular weight excluding hydrogens is 188 g/mol. The lowest BCUT2D eigenvalue weighted by Crippen LogP contribution is -2.29. The van der Waals surface area contributed by atoms with Gasteiger partial charge in [-0.3, -0.25) is 0 Å². The number of aromatic amines is 1. The van der Waals surface area contributed by atoms with Crippen LogP contribution in [-0.4, -0.2) is 29.6 Å². The molecule has 2 rings (SSSR count). The summed E-state index contributed by atoms with van der Waals surface area (Å²) in [6.45, 7) is 2.76. The van der Waals surface area contributed by atoms with Gasteiger partial charge < -0.3 is 16.0 Å². The highest BCUT2D eigenvalue weighted by Gasteiger charge is 1.88. The summed E-state index contributed by atoms with van der Waals surface area (Å²) in [4.78, 5) is 7.07. The van der Waals surface area contributed by atoms with Gasteiger partial charge >= 0.3 is 0 Å². The van der Waals surface area contributed by atoms with Crippen molar-refractivity contribution >= 4 is 11.0 Å². The van der Waals surface area contributed by atoms with Crippen molar-refractivity contribution in [2.24, 2.45) is 5.73 Å². The number of hydrogen-bond donors (Lipinski definition) is 3. The Kier molecular flexibility index (Phi) is 4.80. The van der Waals surface area contributed by atoms with Crippen molar-refractivity contribution in [1.82, 2.24) is 15.3 Å². The third kappa shape index (κ3) is 3.69. The van der Waals surface area contributed by atoms with E-state index < -0.39 is 0 Å². The number of nitrogens with zero attached hydrogens (tertiary/aromatic N) is 1. The van der Waals surface area contributed by atoms with Crippen LogP contribution in [0.3, 0.4) is 0 Å². The normalized spacial score (nSPS) is 11.9. The number of likely N-dealkylation sites (N-methyl/N-ethyl adjacent to an activating group) is 1. The van der Waals surface area contributed by atoms with E-state index in [4.69, 9.17) is 5.73 Å². The van der Waals surface area contributed by atoms with Gasteiger partial charge in [0.2, 0.25) is 0 Å². The first-order chi connectivity index (χ1) is 7.27. The Hall–Kier alpha value is -1.39. The summed E-state index contributed by atoms with van der Waals surface area (Å²) in [5.41, 5.74) is 7.34. The molecule has 2 aromatic rings. The molecule has 0 spiro atoms. The Balaban J connectivity index is 0.000000167. The molecule has 0 saturated heterocycles. The van der Waals surface area contributed by atoms with Crippen LogP contribution in [0, 0.1) is 0 Å². The molecular formula is C11H18N4. The highest BCUT2D eigenvalue weighted by Crippen LogP contribution is 2.05. The van der Waals surface area contributed by atoms with Crippen molar-refractivity contribution in [1.29, 1.82) is 0 Å². The van der Waals surface area contributed by atoms with Crippen LogP contribution in [0.2, 0.25) is 0 Å². The summed E-state index contributed by atoms with van der Waals surface area (Å²) in [6, 6.07) is 8.41. The summed E-state index contributed by atoms with van der Waals surface area (Å²) in [6.07, 6.45) is 1.70. The van der Waals surface area contributed by atoms with Crippen molar-refractivity contribution < 1.29 is 0 Å². The summed E-state index contributed by atoms with van der Waals surface area (Å²) < 4.78 is 0. The average Bonchev–Trinajstić information content (AvgIpc) is 2.76. The summed E-state index contributed by atoms with van der Waals surface area (Å²) in [5.74, 6) is 0. The molecule has 0 aliphatic rings. The molecule has 4 nitrogen and oxygen atoms in total. The van der Waals surface area contributed by atoms with Gasteiger partial charge in [-0.1, -0.05) is 12.1 Å². The topological polar surface area (TPSA) is 66.7 Å². The van der Waals surface area contributed by atoms with E-state index in [0.717, 1.165) is 17.6 Å². The quantitative estimate of drug-likeness (QED) is 0.689. The highest BCUT2D eigenvalue weighted by atomic mass is 14.9. The maximum Gasteiger partial charge on any atom is 0.0931 e. The average molecular weight is 206 g/mol. The Bertz CT molecular complexity index is 348. The zero-order valence-corrected chi connectivity index (χ0v) is 9.20. The third-order valence-electron chi connectivity index (χ3n) is 2.17. The molecule has 0 amide bonds. The van der Waals surface area contributed by atoms with Crippen LogP contribution < -0.4 is 11.1 Å². The maximum atomic E-state index is 5.22. The van der Waals surface area contributed by atoms with Crippen molar-refractivity contribution in [2.75, 3.05) is 13.6 Å². The predicted molar refractivity (Wildman–Crippen MR) is 63.7 cm³/mol. The molecule has 0 fully saturated rings. The Morgan fingerprint density at radius 2 is 2.20 bits per heavy atom. The SMILES string of the molecule is CNC(C)CN.c1ccc2[nH]cnc2c1. The van der Waals surface area contributed by atoms with Crippen LogP contribution in [0.5, 0.6) is 0 Å². The minimum absolute atomic E-state index is 0.463. The number of hydrogen-bond acceptors (Lipinski definition) is 3. The molecule has 1 atom stereocenters. The van der Waals surface area contributed by atoms with Gasteiger partial charge in [-0.15, -0.1) is 0 Å². The largest absolute Gasteiger partial charge is 0.345 e. The molecule has 1 aromatic heterocycles. The Labute approximate surface area is 89.9 Å². The van der Waals surface area contributed by atoms with Gasteiger partial charge in [0, 0.05) is 12.6 Å². The second-order valence-electron chi connectivity index (χ2n) is 3.35. The molecule has 15 heavy (non-hydrogen) atoms. The first-order valence-electron chi connectivity index (χ1n) is 5.03. The van der Waals surface area contributed by atoms with E-state index >= 15 is 0 Å². The second-order valence-corrected chi connectivity index (χ2v) is 3.35. The molecule has 0 aliphatic carbocycles. The van der Waals surface area contributed by atoms with Gasteiger partial charge in [-0.25, -0.2) is 4.98 Å². The number of benzene rings is 1. The van der Waals surface area contributed by atoms with E-state index in [0.29, 0.717) is 6.04 Å². The van der Waals surface area contributed by atoms with E-state index in [1.807, 2.05) is 38.2 Å². The van der Waals surface area contributed by atoms with Gasteiger partial charge in [0.25, 0.3) is 0 Å². The van der Waals surface area contributed by atoms with Crippen LogP contribution in [0.1, 0.15) is 6.92 Å². The first kappa shape index (κ1) is 11.7. The molecule has 4 heteroatoms. The summed E-state index contributed by atoms with van der Waals surface area (Å²) in [5, 5.41) is 2.99. The third-order valence-corrected chi connectivity index (χ3v) is 2.17. The molecule has 0 saturated carbocycles. The number of nitrogens with one attached hydrogen (secondary N) is 2. The zero-order chi connectivity index (χ0) is 11.1. The van der Waals surface area contributed by atoms with Gasteiger partial charge in [-0.05, 0) is 26.1 Å². The fourth-order valence-corrected chi connectivity index (χ4v) is 0.997. The smallest absolute Gasteiger partial charge is 0.0931 e. The standard InChI is InChI=1S/C7H6N2.C4H12N2/c1-2-4-7-6(3-1)8-5-9-7;1-4(3-5)6-2/h1-5H,(H,8,9);4,6H,3,5H2,1-2H3. The fraction of sp³-hybridized carbons (Fsp3) is 0.364. The fourth-order valence-electron chi connectivity index (χ4n) is 0.997. The van der Waals surface area contributed by atoms with E-state index in [-0.39, 0.29) is 0 Å². The summed E-state index contributed by atoms with van der Waals surface area (Å²) >= 11 is 0. The molecule has 0 bridgehead atoms. The molecule has 82 valence electrons. The van der Waals surface area contributed by atoms with Crippen molar-refractivity contribution in [3.8, 4) is 0 Å². The van der Waals surface area contributed by atoms with Crippen molar-refractivity contribution in [2.45, 2.75) is 13.0 Å². The number of imidazole rings is 1. The number of para-hydroxylation sites is 2. The second kappa shape index (κ2) is 6.16. The van der Waals surface area contributed by atoms with E-state index in [9.17, 15) is 0 Å². The number of fused-ring (bicyclic) bond motifs is 1. The monoisotopic (exact) mass is 206 g/mol. The minimum Gasteiger partial charge on any atom is -0.345 e. The molecule has 0 radical (unpaired) electrons. The number of aromatic nitrogens is 2. The molecule has 4 N–H and O–H groups in total. The first-order valence-corrected chi connectivity index (χ1v) is 5.03. The minimum atomic E-state index is 0.463. The van der Waals surface area contributed by atoms with Crippen LogP contribution in [0.25, 0.3) is 11.0 Å². The van der Waals surface area contributed by atoms with Gasteiger partial charge in [0.15, 0.2) is 0 Å². The lowest BCUT2D eigenvalue weighted by atomic mass is 10.3. The van der Waals surface area contributed by atoms with Crippen molar-refractivity contribution in [3.63, 3.8) is 0 Å². The molecule has 1 unspecified atom stereocenters. The van der Waals surface area contributed by atoms with Crippen LogP contribution in [0.15, 0.2) is 30.6 Å². The van der Waals surface area contributed by atoms with Crippen LogP contribution in [0.4, 0.5) is 0 Å². The Morgan fingerprint density at radius 1 is 1.47 bits per heavy atom. The van der Waals surface area contributed by atoms with Crippen LogP contribution in [-0.2, 0) is 0 Å². The Morgan fingerprint density at radius 3 is 2.73 bits per heavy atom. The number of rotatable bonds is 2. The summed E-state index contributed by atoms with van der Waals surface area (Å²) in [7, 11) is 1.90. The highest BCUT2D eigenvalue weighted by molar-refractivity contribution is 5.73. The lowest BCUT2D eigenvalue weighted by molar-refractivity contribution is 0.621. The van der Waals surface area contributed by atoms with E-state index in [1.54, 1.807) is 6.33 Å². The maximum absolute atomic E-state index is 5.22. The van der Waals surface area contributed by atoms with Gasteiger partial charge in [-0.2, -0.15) is 0 Å².